The van der Waals surface area contributed by atoms with Crippen molar-refractivity contribution in [2.24, 2.45) is 0 Å². The van der Waals surface area contributed by atoms with Crippen molar-refractivity contribution in [3.63, 3.8) is 0 Å². The first kappa shape index (κ1) is 15.2. The molecule has 0 unspecified atom stereocenters. The van der Waals surface area contributed by atoms with Crippen LogP contribution in [0.25, 0.3) is 0 Å². The molecular weight excluding hydrogens is 296 g/mol. The van der Waals surface area contributed by atoms with Crippen molar-refractivity contribution in [1.82, 2.24) is 0 Å². The normalized spacial score (nSPS) is 15.8. The number of benzene rings is 2. The minimum atomic E-state index is 0.723. The van der Waals surface area contributed by atoms with Crippen LogP contribution in [0.15, 0.2) is 54.6 Å². The van der Waals surface area contributed by atoms with Gasteiger partial charge in [-0.1, -0.05) is 35.9 Å². The van der Waals surface area contributed by atoms with Gasteiger partial charge in [-0.15, -0.1) is 0 Å². The molecule has 1 heterocycles. The van der Waals surface area contributed by atoms with Gasteiger partial charge in [-0.2, -0.15) is 0 Å². The van der Waals surface area contributed by atoms with E-state index < -0.39 is 0 Å². The van der Waals surface area contributed by atoms with Gasteiger partial charge in [0.15, 0.2) is 0 Å². The van der Waals surface area contributed by atoms with E-state index in [-0.39, 0.29) is 0 Å². The Labute approximate surface area is 137 Å². The fourth-order valence-corrected chi connectivity index (χ4v) is 3.02. The van der Waals surface area contributed by atoms with E-state index in [0.717, 1.165) is 50.1 Å². The van der Waals surface area contributed by atoms with E-state index >= 15 is 0 Å². The van der Waals surface area contributed by atoms with Crippen molar-refractivity contribution in [3.05, 3.63) is 59.6 Å². The molecule has 1 aliphatic rings. The maximum atomic E-state index is 5.96. The fraction of sp³-hybridized carbons (Fsp3) is 0.333. The molecule has 1 N–H and O–H groups in total. The molecule has 0 radical (unpaired) electrons. The molecule has 1 aliphatic heterocycles. The maximum absolute atomic E-state index is 5.96. The summed E-state index contributed by atoms with van der Waals surface area (Å²) in [7, 11) is 0. The lowest BCUT2D eigenvalue weighted by Crippen LogP contribution is -3.15. The number of piperazine rings is 1. The quantitative estimate of drug-likeness (QED) is 0.910. The van der Waals surface area contributed by atoms with Gasteiger partial charge in [-0.3, -0.25) is 0 Å². The molecule has 116 valence electrons. The zero-order valence-corrected chi connectivity index (χ0v) is 13.4. The Morgan fingerprint density at radius 3 is 2.50 bits per heavy atom. The fourth-order valence-electron chi connectivity index (χ4n) is 2.84. The van der Waals surface area contributed by atoms with Crippen LogP contribution in [0, 0.1) is 0 Å². The van der Waals surface area contributed by atoms with Crippen molar-refractivity contribution in [1.29, 1.82) is 0 Å². The van der Waals surface area contributed by atoms with Crippen LogP contribution in [0.2, 0.25) is 5.02 Å². The summed E-state index contributed by atoms with van der Waals surface area (Å²) in [5, 5.41) is 0.723. The minimum absolute atomic E-state index is 0.723. The number of para-hydroxylation sites is 1. The van der Waals surface area contributed by atoms with Gasteiger partial charge in [-0.05, 0) is 30.3 Å². The number of halogens is 1. The van der Waals surface area contributed by atoms with Crippen molar-refractivity contribution in [2.45, 2.75) is 0 Å². The van der Waals surface area contributed by atoms with Crippen LogP contribution in [0.1, 0.15) is 0 Å². The van der Waals surface area contributed by atoms with Gasteiger partial charge < -0.3 is 14.5 Å². The lowest BCUT2D eigenvalue weighted by Gasteiger charge is -2.33. The second-order valence-electron chi connectivity index (χ2n) is 5.63. The number of quaternary nitrogens is 1. The summed E-state index contributed by atoms with van der Waals surface area (Å²) >= 11 is 5.96. The lowest BCUT2D eigenvalue weighted by atomic mass is 10.2. The van der Waals surface area contributed by atoms with Crippen LogP contribution in [0.5, 0.6) is 5.75 Å². The first-order chi connectivity index (χ1) is 10.8. The highest BCUT2D eigenvalue weighted by atomic mass is 35.5. The summed E-state index contributed by atoms with van der Waals surface area (Å²) in [5.41, 5.74) is 1.33. The van der Waals surface area contributed by atoms with E-state index in [2.05, 4.69) is 35.2 Å². The summed E-state index contributed by atoms with van der Waals surface area (Å²) in [6, 6.07) is 18.3. The second kappa shape index (κ2) is 7.52. The van der Waals surface area contributed by atoms with E-state index in [0.29, 0.717) is 0 Å². The molecule has 4 heteroatoms. The van der Waals surface area contributed by atoms with Crippen molar-refractivity contribution in [3.8, 4) is 5.75 Å². The molecule has 0 spiro atoms. The number of hydrogen-bond acceptors (Lipinski definition) is 2. The highest BCUT2D eigenvalue weighted by molar-refractivity contribution is 6.30. The van der Waals surface area contributed by atoms with Gasteiger partial charge in [0.25, 0.3) is 0 Å². The summed E-state index contributed by atoms with van der Waals surface area (Å²) < 4.78 is 5.78. The highest BCUT2D eigenvalue weighted by Crippen LogP contribution is 2.16. The van der Waals surface area contributed by atoms with Gasteiger partial charge in [0.1, 0.15) is 18.9 Å². The van der Waals surface area contributed by atoms with Gasteiger partial charge in [-0.25, -0.2) is 0 Å². The van der Waals surface area contributed by atoms with E-state index in [1.807, 2.05) is 24.3 Å². The zero-order chi connectivity index (χ0) is 15.2. The van der Waals surface area contributed by atoms with E-state index in [1.54, 1.807) is 4.90 Å². The van der Waals surface area contributed by atoms with Crippen LogP contribution >= 0.6 is 11.6 Å². The molecule has 0 aromatic heterocycles. The number of anilines is 1. The Kier molecular flexibility index (Phi) is 5.20. The predicted molar refractivity (Wildman–Crippen MR) is 91.2 cm³/mol. The topological polar surface area (TPSA) is 16.9 Å². The highest BCUT2D eigenvalue weighted by Gasteiger charge is 2.19. The maximum Gasteiger partial charge on any atom is 0.137 e. The SMILES string of the molecule is Clc1cccc(OCC[NH+]2CCN(c3ccccc3)CC2)c1. The Morgan fingerprint density at radius 1 is 1.00 bits per heavy atom. The Hall–Kier alpha value is -1.71. The summed E-state index contributed by atoms with van der Waals surface area (Å²) in [6.07, 6.45) is 0. The van der Waals surface area contributed by atoms with Crippen molar-refractivity contribution in [2.75, 3.05) is 44.2 Å². The molecule has 0 saturated carbocycles. The van der Waals surface area contributed by atoms with Crippen molar-refractivity contribution < 1.29 is 9.64 Å². The van der Waals surface area contributed by atoms with Crippen LogP contribution in [-0.4, -0.2) is 39.3 Å². The monoisotopic (exact) mass is 317 g/mol. The Balaban J connectivity index is 1.41. The average molecular weight is 318 g/mol. The number of ether oxygens (including phenoxy) is 1. The van der Waals surface area contributed by atoms with Crippen LogP contribution in [-0.2, 0) is 0 Å². The Bertz CT molecular complexity index is 583. The van der Waals surface area contributed by atoms with Gasteiger partial charge in [0, 0.05) is 10.7 Å². The van der Waals surface area contributed by atoms with Crippen LogP contribution in [0.4, 0.5) is 5.69 Å². The molecule has 0 amide bonds. The third-order valence-electron chi connectivity index (χ3n) is 4.11. The van der Waals surface area contributed by atoms with E-state index in [9.17, 15) is 0 Å². The second-order valence-corrected chi connectivity index (χ2v) is 6.06. The third-order valence-corrected chi connectivity index (χ3v) is 4.35. The Morgan fingerprint density at radius 2 is 1.77 bits per heavy atom. The standard InChI is InChI=1S/C18H21ClN2O/c19-16-5-4-8-18(15-16)22-14-13-20-9-11-21(12-10-20)17-6-2-1-3-7-17/h1-8,15H,9-14H2/p+1. The third kappa shape index (κ3) is 4.15. The molecular formula is C18H22ClN2O+. The number of rotatable bonds is 5. The molecule has 3 nitrogen and oxygen atoms in total. The molecule has 1 saturated heterocycles. The van der Waals surface area contributed by atoms with Gasteiger partial charge in [0.05, 0.1) is 26.2 Å². The van der Waals surface area contributed by atoms with E-state index in [4.69, 9.17) is 16.3 Å². The van der Waals surface area contributed by atoms with Crippen molar-refractivity contribution >= 4 is 17.3 Å². The molecule has 3 rings (SSSR count). The first-order valence-electron chi connectivity index (χ1n) is 7.83. The molecule has 0 bridgehead atoms. The molecule has 22 heavy (non-hydrogen) atoms. The zero-order valence-electron chi connectivity index (χ0n) is 12.7. The van der Waals surface area contributed by atoms with E-state index in [1.165, 1.54) is 5.69 Å². The molecule has 0 aliphatic carbocycles. The smallest absolute Gasteiger partial charge is 0.137 e. The van der Waals surface area contributed by atoms with Gasteiger partial charge in [0.2, 0.25) is 0 Å². The summed E-state index contributed by atoms with van der Waals surface area (Å²) in [4.78, 5) is 4.07. The minimum Gasteiger partial charge on any atom is -0.488 e. The van der Waals surface area contributed by atoms with Crippen LogP contribution < -0.4 is 14.5 Å². The summed E-state index contributed by atoms with van der Waals surface area (Å²) in [5.74, 6) is 0.856. The summed E-state index contributed by atoms with van der Waals surface area (Å²) in [6.45, 7) is 6.31. The number of nitrogens with one attached hydrogen (secondary N) is 1. The molecule has 2 aromatic carbocycles. The molecule has 0 atom stereocenters. The first-order valence-corrected chi connectivity index (χ1v) is 8.21. The average Bonchev–Trinajstić information content (AvgIpc) is 2.56. The molecule has 1 fully saturated rings. The van der Waals surface area contributed by atoms with Crippen LogP contribution in [0.3, 0.4) is 0 Å². The largest absolute Gasteiger partial charge is 0.488 e. The predicted octanol–water partition coefficient (Wildman–Crippen LogP) is 2.12. The van der Waals surface area contributed by atoms with Gasteiger partial charge >= 0.3 is 0 Å². The lowest BCUT2D eigenvalue weighted by molar-refractivity contribution is -0.900. The number of nitrogens with zero attached hydrogens (tertiary/aromatic N) is 1. The number of hydrogen-bond donors (Lipinski definition) is 1. The molecule has 2 aromatic rings.